The smallest absolute Gasteiger partial charge is 0.122 e. The van der Waals surface area contributed by atoms with Crippen LogP contribution in [0.4, 0.5) is 0 Å². The van der Waals surface area contributed by atoms with Gasteiger partial charge in [-0.3, -0.25) is 0 Å². The van der Waals surface area contributed by atoms with Gasteiger partial charge in [0.2, 0.25) is 0 Å². The fraction of sp³-hybridized carbons (Fsp3) is 0.600. The zero-order valence-electron chi connectivity index (χ0n) is 11.5. The Morgan fingerprint density at radius 3 is 2.71 bits per heavy atom. The van der Waals surface area contributed by atoms with Gasteiger partial charge in [-0.15, -0.1) is 0 Å². The molecule has 0 heterocycles. The van der Waals surface area contributed by atoms with Crippen molar-refractivity contribution in [3.05, 3.63) is 29.3 Å². The highest BCUT2D eigenvalue weighted by molar-refractivity contribution is 5.35. The zero-order valence-corrected chi connectivity index (χ0v) is 11.5. The van der Waals surface area contributed by atoms with Crippen LogP contribution in [0.5, 0.6) is 5.75 Å². The molecule has 17 heavy (non-hydrogen) atoms. The van der Waals surface area contributed by atoms with Crippen molar-refractivity contribution in [2.75, 3.05) is 19.7 Å². The van der Waals surface area contributed by atoms with Crippen molar-refractivity contribution in [1.82, 2.24) is 5.32 Å². The second-order valence-electron chi connectivity index (χ2n) is 4.89. The number of ether oxygens (including phenoxy) is 1. The van der Waals surface area contributed by atoms with E-state index in [4.69, 9.17) is 4.74 Å². The third kappa shape index (κ3) is 5.22. The highest BCUT2D eigenvalue weighted by Gasteiger charge is 2.04. The Labute approximate surface area is 105 Å². The Hall–Kier alpha value is -1.02. The normalized spacial score (nSPS) is 12.5. The predicted molar refractivity (Wildman–Crippen MR) is 73.7 cm³/mol. The van der Waals surface area contributed by atoms with Crippen molar-refractivity contribution in [2.45, 2.75) is 34.1 Å². The van der Waals surface area contributed by atoms with E-state index < -0.39 is 0 Å². The number of nitrogens with one attached hydrogen (secondary N) is 1. The second-order valence-corrected chi connectivity index (χ2v) is 4.89. The van der Waals surface area contributed by atoms with E-state index in [0.717, 1.165) is 25.4 Å². The third-order valence-electron chi connectivity index (χ3n) is 2.77. The molecule has 0 bridgehead atoms. The first kappa shape index (κ1) is 14.0. The zero-order chi connectivity index (χ0) is 12.7. The first-order chi connectivity index (χ1) is 8.13. The maximum atomic E-state index is 5.84. The van der Waals surface area contributed by atoms with Crippen molar-refractivity contribution >= 4 is 0 Å². The summed E-state index contributed by atoms with van der Waals surface area (Å²) in [5.74, 6) is 1.56. The summed E-state index contributed by atoms with van der Waals surface area (Å²) in [6.45, 7) is 11.5. The van der Waals surface area contributed by atoms with E-state index in [9.17, 15) is 0 Å². The number of aryl methyl sites for hydroxylation is 2. The van der Waals surface area contributed by atoms with Crippen LogP contribution in [0.25, 0.3) is 0 Å². The van der Waals surface area contributed by atoms with E-state index in [1.54, 1.807) is 0 Å². The lowest BCUT2D eigenvalue weighted by atomic mass is 10.1. The molecule has 2 heteroatoms. The highest BCUT2D eigenvalue weighted by Crippen LogP contribution is 2.19. The van der Waals surface area contributed by atoms with Crippen LogP contribution in [0.2, 0.25) is 0 Å². The molecule has 2 nitrogen and oxygen atoms in total. The molecule has 1 atom stereocenters. The maximum Gasteiger partial charge on any atom is 0.122 e. The molecule has 0 saturated heterocycles. The van der Waals surface area contributed by atoms with Gasteiger partial charge < -0.3 is 10.1 Å². The lowest BCUT2D eigenvalue weighted by Gasteiger charge is -2.15. The molecule has 0 aromatic heterocycles. The minimum atomic E-state index is 0.544. The molecule has 1 aromatic carbocycles. The van der Waals surface area contributed by atoms with Gasteiger partial charge in [-0.1, -0.05) is 31.5 Å². The minimum Gasteiger partial charge on any atom is -0.493 e. The van der Waals surface area contributed by atoms with E-state index in [2.05, 4.69) is 51.2 Å². The van der Waals surface area contributed by atoms with E-state index in [1.807, 2.05) is 0 Å². The van der Waals surface area contributed by atoms with Crippen molar-refractivity contribution in [3.8, 4) is 5.75 Å². The molecular formula is C15H25NO. The van der Waals surface area contributed by atoms with Crippen molar-refractivity contribution in [3.63, 3.8) is 0 Å². The Balaban J connectivity index is 2.34. The van der Waals surface area contributed by atoms with Crippen LogP contribution in [-0.2, 0) is 0 Å². The number of rotatable bonds is 7. The molecule has 1 aromatic rings. The van der Waals surface area contributed by atoms with Gasteiger partial charge in [0.15, 0.2) is 0 Å². The van der Waals surface area contributed by atoms with Crippen molar-refractivity contribution in [2.24, 2.45) is 5.92 Å². The van der Waals surface area contributed by atoms with Crippen molar-refractivity contribution < 1.29 is 4.74 Å². The van der Waals surface area contributed by atoms with E-state index in [0.29, 0.717) is 5.92 Å². The summed E-state index contributed by atoms with van der Waals surface area (Å²) in [4.78, 5) is 0. The van der Waals surface area contributed by atoms with Crippen molar-refractivity contribution in [1.29, 1.82) is 0 Å². The maximum absolute atomic E-state index is 5.84. The lowest BCUT2D eigenvalue weighted by molar-refractivity contribution is 0.254. The average molecular weight is 235 g/mol. The average Bonchev–Trinajstić information content (AvgIpc) is 2.28. The Morgan fingerprint density at radius 1 is 1.29 bits per heavy atom. The van der Waals surface area contributed by atoms with Gasteiger partial charge >= 0.3 is 0 Å². The van der Waals surface area contributed by atoms with Gasteiger partial charge in [0, 0.05) is 12.5 Å². The molecule has 1 N–H and O–H groups in total. The van der Waals surface area contributed by atoms with Crippen LogP contribution in [0.3, 0.4) is 0 Å². The van der Waals surface area contributed by atoms with Gasteiger partial charge in [-0.05, 0) is 38.4 Å². The van der Waals surface area contributed by atoms with E-state index in [1.165, 1.54) is 17.5 Å². The van der Waals surface area contributed by atoms with Gasteiger partial charge in [0.25, 0.3) is 0 Å². The molecule has 0 saturated carbocycles. The van der Waals surface area contributed by atoms with Crippen LogP contribution < -0.4 is 10.1 Å². The molecule has 1 rings (SSSR count). The fourth-order valence-electron chi connectivity index (χ4n) is 1.78. The highest BCUT2D eigenvalue weighted by atomic mass is 16.5. The molecule has 0 aliphatic heterocycles. The topological polar surface area (TPSA) is 21.3 Å². The van der Waals surface area contributed by atoms with Gasteiger partial charge in [-0.25, -0.2) is 0 Å². The van der Waals surface area contributed by atoms with Crippen LogP contribution in [-0.4, -0.2) is 19.7 Å². The predicted octanol–water partition coefficient (Wildman–Crippen LogP) is 3.32. The largest absolute Gasteiger partial charge is 0.493 e. The molecule has 0 fully saturated rings. The van der Waals surface area contributed by atoms with Gasteiger partial charge in [-0.2, -0.15) is 0 Å². The Bertz CT molecular complexity index is 336. The lowest BCUT2D eigenvalue weighted by Crippen LogP contribution is -2.25. The molecule has 1 unspecified atom stereocenters. The summed E-state index contributed by atoms with van der Waals surface area (Å²) in [5.41, 5.74) is 2.51. The van der Waals surface area contributed by atoms with Crippen LogP contribution in [0.15, 0.2) is 18.2 Å². The number of hydrogen-bond donors (Lipinski definition) is 1. The second kappa shape index (κ2) is 7.33. The first-order valence-electron chi connectivity index (χ1n) is 6.54. The monoisotopic (exact) mass is 235 g/mol. The fourth-order valence-corrected chi connectivity index (χ4v) is 1.78. The summed E-state index contributed by atoms with van der Waals surface area (Å²) in [7, 11) is 0. The molecule has 0 aliphatic rings. The van der Waals surface area contributed by atoms with E-state index >= 15 is 0 Å². The summed E-state index contributed by atoms with van der Waals surface area (Å²) in [6, 6.07) is 6.33. The standard InChI is InChI=1S/C15H25NO/c1-5-8-16-10-13(3)11-17-15-7-6-12(2)9-14(15)4/h6-7,9,13,16H,5,8,10-11H2,1-4H3. The number of hydrogen-bond acceptors (Lipinski definition) is 2. The van der Waals surface area contributed by atoms with Crippen LogP contribution in [0.1, 0.15) is 31.4 Å². The molecular weight excluding hydrogens is 210 g/mol. The summed E-state index contributed by atoms with van der Waals surface area (Å²) in [6.07, 6.45) is 1.19. The molecule has 0 amide bonds. The minimum absolute atomic E-state index is 0.544. The Kier molecular flexibility index (Phi) is 6.06. The first-order valence-corrected chi connectivity index (χ1v) is 6.54. The van der Waals surface area contributed by atoms with Gasteiger partial charge in [0.1, 0.15) is 5.75 Å². The SMILES string of the molecule is CCCNCC(C)COc1ccc(C)cc1C. The molecule has 96 valence electrons. The molecule has 0 radical (unpaired) electrons. The summed E-state index contributed by atoms with van der Waals surface area (Å²) < 4.78 is 5.84. The van der Waals surface area contributed by atoms with E-state index in [-0.39, 0.29) is 0 Å². The number of benzene rings is 1. The van der Waals surface area contributed by atoms with Crippen LogP contribution in [0, 0.1) is 19.8 Å². The summed E-state index contributed by atoms with van der Waals surface area (Å²) in [5, 5.41) is 3.41. The Morgan fingerprint density at radius 2 is 2.06 bits per heavy atom. The van der Waals surface area contributed by atoms with Crippen LogP contribution >= 0.6 is 0 Å². The quantitative estimate of drug-likeness (QED) is 0.732. The third-order valence-corrected chi connectivity index (χ3v) is 2.77. The molecule has 0 spiro atoms. The van der Waals surface area contributed by atoms with Gasteiger partial charge in [0.05, 0.1) is 6.61 Å². The summed E-state index contributed by atoms with van der Waals surface area (Å²) >= 11 is 0. The molecule has 0 aliphatic carbocycles.